The lowest BCUT2D eigenvalue weighted by Gasteiger charge is -2.29. The first-order chi connectivity index (χ1) is 30.2. The highest BCUT2D eigenvalue weighted by molar-refractivity contribution is 6.26. The van der Waals surface area contributed by atoms with E-state index < -0.39 is 78.0 Å². The second-order valence-electron chi connectivity index (χ2n) is 15.2. The van der Waals surface area contributed by atoms with Gasteiger partial charge >= 0.3 is 0 Å². The highest BCUT2D eigenvalue weighted by Crippen LogP contribution is 2.35. The van der Waals surface area contributed by atoms with Crippen molar-refractivity contribution in [2.75, 3.05) is 45.2 Å². The van der Waals surface area contributed by atoms with Crippen molar-refractivity contribution in [1.82, 2.24) is 51.4 Å². The molecule has 2 aromatic carbocycles. The molecular weight excluding hydrogens is 817 g/mol. The second kappa shape index (κ2) is 22.1. The smallest absolute Gasteiger partial charge is 0.261 e. The molecule has 0 saturated heterocycles. The molecule has 336 valence electrons. The number of carbonyl (C=O) groups is 8. The van der Waals surface area contributed by atoms with Crippen molar-refractivity contribution in [1.29, 1.82) is 0 Å². The van der Waals surface area contributed by atoms with Crippen molar-refractivity contribution >= 4 is 63.7 Å². The molecule has 5 rings (SSSR count). The van der Waals surface area contributed by atoms with Gasteiger partial charge in [-0.2, -0.15) is 0 Å². The summed E-state index contributed by atoms with van der Waals surface area (Å²) in [5.74, 6) is -5.46. The summed E-state index contributed by atoms with van der Waals surface area (Å²) >= 11 is 0. The summed E-state index contributed by atoms with van der Waals surface area (Å²) < 4.78 is 0. The summed E-state index contributed by atoms with van der Waals surface area (Å²) in [6, 6.07) is 3.62. The molecule has 63 heavy (non-hydrogen) atoms. The number of carbonyl (C=O) groups excluding carboxylic acids is 8. The number of aromatic amines is 2. The number of H-pyrrole nitrogens is 2. The van der Waals surface area contributed by atoms with Crippen LogP contribution in [0, 0.1) is 0 Å². The van der Waals surface area contributed by atoms with Crippen LogP contribution in [0.2, 0.25) is 0 Å². The van der Waals surface area contributed by atoms with Gasteiger partial charge in [-0.25, -0.2) is 9.97 Å². The zero-order valence-corrected chi connectivity index (χ0v) is 35.1. The number of nitrogens with zero attached hydrogens (tertiary/aromatic N) is 4. The molecule has 0 saturated carbocycles. The van der Waals surface area contributed by atoms with Crippen LogP contribution in [0.5, 0.6) is 0 Å². The quantitative estimate of drug-likeness (QED) is 0.0265. The number of rotatable bonds is 24. The third-order valence-corrected chi connectivity index (χ3v) is 10.4. The minimum absolute atomic E-state index is 0.0121. The van der Waals surface area contributed by atoms with Gasteiger partial charge in [0.05, 0.1) is 19.2 Å². The Morgan fingerprint density at radius 3 is 1.86 bits per heavy atom. The number of benzene rings is 2. The van der Waals surface area contributed by atoms with Crippen molar-refractivity contribution in [2.45, 2.75) is 69.1 Å². The van der Waals surface area contributed by atoms with Gasteiger partial charge in [0, 0.05) is 97.8 Å². The summed E-state index contributed by atoms with van der Waals surface area (Å²) in [6.45, 7) is -0.508. The number of aromatic nitrogens is 4. The monoisotopic (exact) mass is 870 g/mol. The number of hydrogen-bond acceptors (Lipinski definition) is 13. The first-order valence-corrected chi connectivity index (χ1v) is 20.4. The first kappa shape index (κ1) is 46.9. The molecular formula is C41H54N14O8. The Morgan fingerprint density at radius 2 is 1.30 bits per heavy atom. The van der Waals surface area contributed by atoms with Crippen LogP contribution in [0.3, 0.4) is 0 Å². The van der Waals surface area contributed by atoms with E-state index in [0.717, 1.165) is 16.0 Å². The molecule has 0 fully saturated rings. The largest absolute Gasteiger partial charge is 0.377 e. The molecule has 1 aliphatic rings. The molecule has 8 amide bonds. The van der Waals surface area contributed by atoms with E-state index in [2.05, 4.69) is 46.5 Å². The maximum Gasteiger partial charge on any atom is 0.261 e. The topological polar surface area (TPSA) is 339 Å². The molecule has 22 nitrogen and oxygen atoms in total. The molecule has 3 heterocycles. The van der Waals surface area contributed by atoms with E-state index >= 15 is 0 Å². The predicted octanol–water partition coefficient (Wildman–Crippen LogP) is -2.16. The lowest BCUT2D eigenvalue weighted by atomic mass is 9.93. The van der Waals surface area contributed by atoms with Crippen molar-refractivity contribution in [3.63, 3.8) is 0 Å². The lowest BCUT2D eigenvalue weighted by Crippen LogP contribution is -2.59. The number of primary amides is 1. The van der Waals surface area contributed by atoms with Gasteiger partial charge in [0.1, 0.15) is 24.2 Å². The van der Waals surface area contributed by atoms with Crippen molar-refractivity contribution < 1.29 is 38.4 Å². The standard InChI is InChI=1S/C41H54N14O8/c1-54(2)32-11-9-27-35-25(32)6-5-7-26(35)40(62)55(41(27)63)15-14-47-36(58)29(10-12-33(44)56)52-37(59)28(8-3-4-13-42)51-39(61)31(17-24-20-46-22-49-24)53-38(60)30(50-34(57)18-43)16-23-19-45-21-48-23/h5-7,9,11,19-22,28-31H,3-4,8,10,12-18,42-43H2,1-2H3,(H2,44,56)(H,45,48)(H,46,49)(H,47,58)(H,50,57)(H,51,61)(H,52,59)(H,53,60)/t28-,29-,30+,31-/m0/s1. The maximum absolute atomic E-state index is 14.0. The predicted molar refractivity (Wildman–Crippen MR) is 229 cm³/mol. The first-order valence-electron chi connectivity index (χ1n) is 20.4. The molecule has 0 spiro atoms. The lowest BCUT2D eigenvalue weighted by molar-refractivity contribution is -0.134. The fourth-order valence-corrected chi connectivity index (χ4v) is 7.18. The van der Waals surface area contributed by atoms with Crippen LogP contribution in [0.15, 0.2) is 55.4 Å². The van der Waals surface area contributed by atoms with Gasteiger partial charge in [-0.05, 0) is 50.4 Å². The average molecular weight is 871 g/mol. The van der Waals surface area contributed by atoms with Crippen molar-refractivity contribution in [3.05, 3.63) is 77.9 Å². The molecule has 0 aliphatic carbocycles. The number of imide groups is 1. The van der Waals surface area contributed by atoms with Crippen LogP contribution < -0.4 is 48.7 Å². The minimum Gasteiger partial charge on any atom is -0.377 e. The Morgan fingerprint density at radius 1 is 0.730 bits per heavy atom. The Bertz CT molecular complexity index is 2260. The van der Waals surface area contributed by atoms with E-state index in [4.69, 9.17) is 17.2 Å². The summed E-state index contributed by atoms with van der Waals surface area (Å²) in [6.07, 6.45) is 6.04. The van der Waals surface area contributed by atoms with Crippen LogP contribution in [-0.2, 0) is 41.6 Å². The number of hydrogen-bond donors (Lipinski definition) is 10. The number of nitrogens with two attached hydrogens (primary N) is 3. The highest BCUT2D eigenvalue weighted by Gasteiger charge is 2.35. The van der Waals surface area contributed by atoms with E-state index in [0.29, 0.717) is 40.7 Å². The van der Waals surface area contributed by atoms with Crippen LogP contribution >= 0.6 is 0 Å². The Balaban J connectivity index is 1.29. The van der Waals surface area contributed by atoms with Crippen molar-refractivity contribution in [3.8, 4) is 0 Å². The van der Waals surface area contributed by atoms with Gasteiger partial charge in [0.2, 0.25) is 35.4 Å². The van der Waals surface area contributed by atoms with Gasteiger partial charge < -0.3 is 58.7 Å². The van der Waals surface area contributed by atoms with E-state index in [1.807, 2.05) is 25.1 Å². The van der Waals surface area contributed by atoms with Gasteiger partial charge in [-0.15, -0.1) is 0 Å². The van der Waals surface area contributed by atoms with Gasteiger partial charge in [-0.3, -0.25) is 43.3 Å². The zero-order chi connectivity index (χ0) is 45.6. The normalized spacial score (nSPS) is 14.0. The third-order valence-electron chi connectivity index (χ3n) is 10.4. The Labute approximate surface area is 362 Å². The molecule has 0 bridgehead atoms. The molecule has 13 N–H and O–H groups in total. The fraction of sp³-hybridized carbons (Fsp3) is 0.415. The van der Waals surface area contributed by atoms with E-state index in [1.165, 1.54) is 25.0 Å². The number of imidazole rings is 2. The molecule has 2 aromatic heterocycles. The molecule has 4 atom stereocenters. The number of anilines is 1. The number of unbranched alkanes of at least 4 members (excludes halogenated alkanes) is 1. The third kappa shape index (κ3) is 12.2. The molecule has 4 aromatic rings. The van der Waals surface area contributed by atoms with Crippen LogP contribution in [0.25, 0.3) is 10.8 Å². The average Bonchev–Trinajstić information content (AvgIpc) is 3.99. The number of nitrogens with one attached hydrogen (secondary N) is 7. The van der Waals surface area contributed by atoms with Crippen LogP contribution in [0.1, 0.15) is 64.2 Å². The van der Waals surface area contributed by atoms with E-state index in [1.54, 1.807) is 24.3 Å². The molecule has 0 unspecified atom stereocenters. The van der Waals surface area contributed by atoms with Crippen LogP contribution in [0.4, 0.5) is 5.69 Å². The van der Waals surface area contributed by atoms with E-state index in [-0.39, 0.29) is 51.7 Å². The summed E-state index contributed by atoms with van der Waals surface area (Å²) in [7, 11) is 3.72. The number of amides is 8. The Hall–Kier alpha value is -7.20. The molecule has 0 radical (unpaired) electrons. The Kier molecular flexibility index (Phi) is 16.4. The minimum atomic E-state index is -1.33. The maximum atomic E-state index is 14.0. The summed E-state index contributed by atoms with van der Waals surface area (Å²) in [5, 5.41) is 14.5. The highest BCUT2D eigenvalue weighted by atomic mass is 16.2. The SMILES string of the molecule is CN(C)c1ccc2c3c(cccc13)C(=O)N(CCNC(=O)[C@H](CCC(N)=O)NC(=O)[C@H](CCCCN)NC(=O)[C@H](Cc1cnc[nH]1)NC(=O)[C@@H](Cc1cnc[nH]1)NC(=O)CN)C2=O. The summed E-state index contributed by atoms with van der Waals surface area (Å²) in [5.41, 5.74) is 19.1. The fourth-order valence-electron chi connectivity index (χ4n) is 7.18. The van der Waals surface area contributed by atoms with Gasteiger partial charge in [0.15, 0.2) is 0 Å². The zero-order valence-electron chi connectivity index (χ0n) is 35.1. The molecule has 22 heteroatoms. The van der Waals surface area contributed by atoms with Crippen molar-refractivity contribution in [2.24, 2.45) is 17.2 Å². The second-order valence-corrected chi connectivity index (χ2v) is 15.2. The van der Waals surface area contributed by atoms with Crippen LogP contribution in [-0.4, -0.2) is 137 Å². The van der Waals surface area contributed by atoms with Gasteiger partial charge in [0.25, 0.3) is 11.8 Å². The van der Waals surface area contributed by atoms with E-state index in [9.17, 15) is 38.4 Å². The summed E-state index contributed by atoms with van der Waals surface area (Å²) in [4.78, 5) is 123. The molecule has 1 aliphatic heterocycles. The van der Waals surface area contributed by atoms with Gasteiger partial charge in [-0.1, -0.05) is 12.1 Å².